The molecule has 30 heavy (non-hydrogen) atoms. The van der Waals surface area contributed by atoms with Gasteiger partial charge in [-0.05, 0) is 31.2 Å². The number of benzene rings is 1. The molecule has 0 aliphatic carbocycles. The second-order valence-electron chi connectivity index (χ2n) is 7.84. The maximum atomic E-state index is 12.3. The number of carbonyl (C=O) groups is 1. The van der Waals surface area contributed by atoms with Crippen LogP contribution in [0.5, 0.6) is 0 Å². The Hall–Kier alpha value is -2.12. The van der Waals surface area contributed by atoms with E-state index in [9.17, 15) is 9.59 Å². The Morgan fingerprint density at radius 2 is 1.97 bits per heavy atom. The van der Waals surface area contributed by atoms with Crippen molar-refractivity contribution in [3.05, 3.63) is 58.0 Å². The fourth-order valence-corrected chi connectivity index (χ4v) is 4.58. The van der Waals surface area contributed by atoms with Crippen LogP contribution in [0.3, 0.4) is 0 Å². The van der Waals surface area contributed by atoms with E-state index >= 15 is 0 Å². The van der Waals surface area contributed by atoms with E-state index in [4.69, 9.17) is 0 Å². The van der Waals surface area contributed by atoms with Crippen molar-refractivity contribution in [1.29, 1.82) is 0 Å². The number of nitrogens with zero attached hydrogens (tertiary/aromatic N) is 3. The molecule has 1 aromatic carbocycles. The van der Waals surface area contributed by atoms with Crippen LogP contribution >= 0.6 is 11.8 Å². The van der Waals surface area contributed by atoms with Crippen LogP contribution < -0.4 is 10.9 Å². The van der Waals surface area contributed by atoms with Crippen LogP contribution in [0.1, 0.15) is 43.9 Å². The van der Waals surface area contributed by atoms with Crippen LogP contribution in [0, 0.1) is 0 Å². The standard InChI is InChI=1S/C23H32N4O2S/c1-3-19-16-22(29)26(2)23(25-19)30-15-7-10-21(28)24-20-11-13-27(14-12-20)17-18-8-5-4-6-9-18/h4-6,8-9,16,20H,3,7,10-15,17H2,1-2H3,(H,24,28). The van der Waals surface area contributed by atoms with Crippen molar-refractivity contribution in [3.8, 4) is 0 Å². The molecule has 1 aliphatic rings. The summed E-state index contributed by atoms with van der Waals surface area (Å²) in [6.07, 6.45) is 4.04. The largest absolute Gasteiger partial charge is 0.353 e. The lowest BCUT2D eigenvalue weighted by molar-refractivity contribution is -0.122. The van der Waals surface area contributed by atoms with E-state index in [1.54, 1.807) is 29.4 Å². The van der Waals surface area contributed by atoms with E-state index in [-0.39, 0.29) is 17.5 Å². The van der Waals surface area contributed by atoms with E-state index in [1.807, 2.05) is 13.0 Å². The van der Waals surface area contributed by atoms with Gasteiger partial charge in [0.2, 0.25) is 5.91 Å². The molecule has 0 bridgehead atoms. The first-order chi connectivity index (χ1) is 14.5. The van der Waals surface area contributed by atoms with Crippen LogP contribution in [-0.4, -0.2) is 45.2 Å². The molecule has 1 saturated heterocycles. The third-order valence-electron chi connectivity index (χ3n) is 5.49. The van der Waals surface area contributed by atoms with Gasteiger partial charge < -0.3 is 5.32 Å². The Bertz CT molecular complexity index is 877. The average molecular weight is 429 g/mol. The van der Waals surface area contributed by atoms with Crippen molar-refractivity contribution in [3.63, 3.8) is 0 Å². The molecular formula is C23H32N4O2S. The molecule has 0 saturated carbocycles. The number of likely N-dealkylation sites (tertiary alicyclic amines) is 1. The van der Waals surface area contributed by atoms with Crippen LogP contribution in [0.4, 0.5) is 0 Å². The summed E-state index contributed by atoms with van der Waals surface area (Å²) in [5, 5.41) is 3.92. The van der Waals surface area contributed by atoms with E-state index in [0.29, 0.717) is 6.42 Å². The number of rotatable bonds is 9. The lowest BCUT2D eigenvalue weighted by Crippen LogP contribution is -2.44. The maximum absolute atomic E-state index is 12.3. The first-order valence-corrected chi connectivity index (χ1v) is 11.8. The Morgan fingerprint density at radius 3 is 2.67 bits per heavy atom. The van der Waals surface area contributed by atoms with Crippen LogP contribution in [0.25, 0.3) is 0 Å². The minimum Gasteiger partial charge on any atom is -0.353 e. The molecule has 1 amide bonds. The number of hydrogen-bond donors (Lipinski definition) is 1. The van der Waals surface area contributed by atoms with E-state index in [1.165, 1.54) is 5.56 Å². The molecular weight excluding hydrogens is 396 g/mol. The molecule has 2 aromatic rings. The molecule has 2 heterocycles. The third kappa shape index (κ3) is 6.71. The molecule has 1 aliphatic heterocycles. The van der Waals surface area contributed by atoms with Crippen LogP contribution in [0.15, 0.2) is 46.3 Å². The van der Waals surface area contributed by atoms with Crippen molar-refractivity contribution >= 4 is 17.7 Å². The first-order valence-electron chi connectivity index (χ1n) is 10.8. The molecule has 0 spiro atoms. The lowest BCUT2D eigenvalue weighted by Gasteiger charge is -2.32. The fraction of sp³-hybridized carbons (Fsp3) is 0.522. The summed E-state index contributed by atoms with van der Waals surface area (Å²) in [4.78, 5) is 31.2. The molecule has 162 valence electrons. The average Bonchev–Trinajstić information content (AvgIpc) is 2.76. The first kappa shape index (κ1) is 22.6. The Labute approximate surface area is 183 Å². The van der Waals surface area contributed by atoms with Crippen molar-refractivity contribution in [2.24, 2.45) is 7.05 Å². The molecule has 6 nitrogen and oxygen atoms in total. The Balaban J connectivity index is 1.34. The SMILES string of the molecule is CCc1cc(=O)n(C)c(SCCCC(=O)NC2CCN(Cc3ccccc3)CC2)n1. The number of amides is 1. The Morgan fingerprint density at radius 1 is 1.23 bits per heavy atom. The van der Waals surface area contributed by atoms with Gasteiger partial charge in [0.25, 0.3) is 5.56 Å². The van der Waals surface area contributed by atoms with Crippen LogP contribution in [-0.2, 0) is 24.8 Å². The smallest absolute Gasteiger partial charge is 0.254 e. The monoisotopic (exact) mass is 428 g/mol. The second-order valence-corrected chi connectivity index (χ2v) is 8.90. The number of carbonyl (C=O) groups excluding carboxylic acids is 1. The molecule has 7 heteroatoms. The zero-order valence-corrected chi connectivity index (χ0v) is 18.8. The Kier molecular flexibility index (Phi) is 8.51. The van der Waals surface area contributed by atoms with Gasteiger partial charge in [0.05, 0.1) is 0 Å². The number of aromatic nitrogens is 2. The molecule has 1 N–H and O–H groups in total. The minimum atomic E-state index is -0.0271. The van der Waals surface area contributed by atoms with E-state index in [0.717, 1.165) is 61.9 Å². The summed E-state index contributed by atoms with van der Waals surface area (Å²) in [6.45, 7) is 5.01. The van der Waals surface area contributed by atoms with Crippen molar-refractivity contribution in [2.45, 2.75) is 56.8 Å². The fourth-order valence-electron chi connectivity index (χ4n) is 3.65. The molecule has 1 fully saturated rings. The van der Waals surface area contributed by atoms with Crippen LogP contribution in [0.2, 0.25) is 0 Å². The van der Waals surface area contributed by atoms with E-state index in [2.05, 4.69) is 39.5 Å². The number of nitrogens with one attached hydrogen (secondary N) is 1. The molecule has 0 atom stereocenters. The second kappa shape index (κ2) is 11.3. The van der Waals surface area contributed by atoms with Gasteiger partial charge in [0.15, 0.2) is 5.16 Å². The molecule has 3 rings (SSSR count). The number of hydrogen-bond acceptors (Lipinski definition) is 5. The molecule has 1 aromatic heterocycles. The highest BCUT2D eigenvalue weighted by Gasteiger charge is 2.20. The maximum Gasteiger partial charge on any atom is 0.254 e. The highest BCUT2D eigenvalue weighted by Crippen LogP contribution is 2.17. The summed E-state index contributed by atoms with van der Waals surface area (Å²) >= 11 is 1.55. The van der Waals surface area contributed by atoms with Gasteiger partial charge in [0, 0.05) is 56.7 Å². The normalized spacial score (nSPS) is 15.3. The topological polar surface area (TPSA) is 67.2 Å². The highest BCUT2D eigenvalue weighted by atomic mass is 32.2. The molecule has 0 unspecified atom stereocenters. The van der Waals surface area contributed by atoms with Gasteiger partial charge in [-0.2, -0.15) is 0 Å². The summed E-state index contributed by atoms with van der Waals surface area (Å²) in [7, 11) is 1.74. The highest BCUT2D eigenvalue weighted by molar-refractivity contribution is 7.99. The number of piperidine rings is 1. The quantitative estimate of drug-likeness (QED) is 0.378. The van der Waals surface area contributed by atoms with Gasteiger partial charge in [-0.1, -0.05) is 49.0 Å². The zero-order valence-electron chi connectivity index (χ0n) is 18.0. The summed E-state index contributed by atoms with van der Waals surface area (Å²) in [5.41, 5.74) is 2.13. The van der Waals surface area contributed by atoms with Gasteiger partial charge in [-0.3, -0.25) is 19.1 Å². The predicted molar refractivity (Wildman–Crippen MR) is 122 cm³/mol. The number of thioether (sulfide) groups is 1. The number of aryl methyl sites for hydroxylation is 1. The summed E-state index contributed by atoms with van der Waals surface area (Å²) in [5.74, 6) is 0.900. The molecule has 0 radical (unpaired) electrons. The summed E-state index contributed by atoms with van der Waals surface area (Å²) < 4.78 is 1.58. The van der Waals surface area contributed by atoms with Gasteiger partial charge in [0.1, 0.15) is 0 Å². The van der Waals surface area contributed by atoms with Gasteiger partial charge in [-0.15, -0.1) is 0 Å². The van der Waals surface area contributed by atoms with E-state index < -0.39 is 0 Å². The predicted octanol–water partition coefficient (Wildman–Crippen LogP) is 3.00. The zero-order chi connectivity index (χ0) is 21.3. The van der Waals surface area contributed by atoms with Crippen molar-refractivity contribution < 1.29 is 4.79 Å². The van der Waals surface area contributed by atoms with Crippen molar-refractivity contribution in [1.82, 2.24) is 19.8 Å². The van der Waals surface area contributed by atoms with Crippen molar-refractivity contribution in [2.75, 3.05) is 18.8 Å². The lowest BCUT2D eigenvalue weighted by atomic mass is 10.0. The van der Waals surface area contributed by atoms with Gasteiger partial charge in [-0.25, -0.2) is 4.98 Å². The third-order valence-corrected chi connectivity index (χ3v) is 6.61. The van der Waals surface area contributed by atoms with Gasteiger partial charge >= 0.3 is 0 Å². The summed E-state index contributed by atoms with van der Waals surface area (Å²) in [6, 6.07) is 12.4. The minimum absolute atomic E-state index is 0.0271.